The normalized spacial score (nSPS) is 18.8. The number of rotatable bonds is 12. The second kappa shape index (κ2) is 8.92. The van der Waals surface area contributed by atoms with Gasteiger partial charge in [-0.25, -0.2) is 0 Å². The second-order valence-corrected chi connectivity index (χ2v) is 6.44. The first-order valence-corrected chi connectivity index (χ1v) is 8.15. The van der Waals surface area contributed by atoms with E-state index in [0.717, 1.165) is 19.0 Å². The van der Waals surface area contributed by atoms with Gasteiger partial charge in [-0.1, -0.05) is 51.9 Å². The first-order valence-electron chi connectivity index (χ1n) is 8.15. The van der Waals surface area contributed by atoms with E-state index in [1.807, 2.05) is 0 Å². The highest BCUT2D eigenvalue weighted by Crippen LogP contribution is 2.33. The number of nitrogens with two attached hydrogens (primary N) is 1. The Labute approximate surface area is 114 Å². The average Bonchev–Trinajstić information content (AvgIpc) is 3.19. The first kappa shape index (κ1) is 16.0. The Morgan fingerprint density at radius 3 is 2.44 bits per heavy atom. The van der Waals surface area contributed by atoms with Gasteiger partial charge in [0, 0.05) is 12.1 Å². The molecule has 3 N–H and O–H groups in total. The van der Waals surface area contributed by atoms with Gasteiger partial charge in [-0.3, -0.25) is 0 Å². The Hall–Kier alpha value is -0.0800. The van der Waals surface area contributed by atoms with Crippen molar-refractivity contribution in [1.82, 2.24) is 5.32 Å². The highest BCUT2D eigenvalue weighted by atomic mass is 15.0. The molecule has 0 saturated heterocycles. The maximum Gasteiger partial charge on any atom is 0.0275 e. The lowest BCUT2D eigenvalue weighted by Gasteiger charge is -2.30. The summed E-state index contributed by atoms with van der Waals surface area (Å²) in [7, 11) is 0. The molecule has 0 aromatic heterocycles. The summed E-state index contributed by atoms with van der Waals surface area (Å²) in [6.45, 7) is 6.48. The molecular formula is C16H34N2. The Kier molecular flexibility index (Phi) is 7.92. The lowest BCUT2D eigenvalue weighted by molar-refractivity contribution is 0.322. The van der Waals surface area contributed by atoms with Crippen molar-refractivity contribution in [3.63, 3.8) is 0 Å². The van der Waals surface area contributed by atoms with Crippen LogP contribution in [0.2, 0.25) is 0 Å². The van der Waals surface area contributed by atoms with Crippen molar-refractivity contribution in [2.75, 3.05) is 13.1 Å². The molecule has 1 aliphatic rings. The zero-order valence-electron chi connectivity index (χ0n) is 12.6. The summed E-state index contributed by atoms with van der Waals surface area (Å²) in [5, 5.41) is 3.69. The van der Waals surface area contributed by atoms with Crippen LogP contribution < -0.4 is 11.1 Å². The number of nitrogens with one attached hydrogen (secondary N) is 1. The van der Waals surface area contributed by atoms with E-state index in [-0.39, 0.29) is 5.54 Å². The van der Waals surface area contributed by atoms with Crippen LogP contribution in [-0.2, 0) is 0 Å². The van der Waals surface area contributed by atoms with Crippen LogP contribution in [0.3, 0.4) is 0 Å². The predicted molar refractivity (Wildman–Crippen MR) is 80.8 cm³/mol. The summed E-state index contributed by atoms with van der Waals surface area (Å²) in [5.41, 5.74) is 6.12. The molecule has 0 aliphatic heterocycles. The van der Waals surface area contributed by atoms with Crippen molar-refractivity contribution < 1.29 is 0 Å². The summed E-state index contributed by atoms with van der Waals surface area (Å²) in [5.74, 6) is 1.06. The molecule has 0 aromatic carbocycles. The van der Waals surface area contributed by atoms with Crippen molar-refractivity contribution in [3.8, 4) is 0 Å². The predicted octanol–water partition coefficient (Wildman–Crippen LogP) is 3.84. The zero-order valence-corrected chi connectivity index (χ0v) is 12.6. The van der Waals surface area contributed by atoms with Crippen molar-refractivity contribution >= 4 is 0 Å². The monoisotopic (exact) mass is 254 g/mol. The topological polar surface area (TPSA) is 38.0 Å². The molecule has 0 spiro atoms. The molecule has 1 fully saturated rings. The van der Waals surface area contributed by atoms with Gasteiger partial charge in [0.15, 0.2) is 0 Å². The third-order valence-electron chi connectivity index (χ3n) is 4.32. The Morgan fingerprint density at radius 1 is 1.11 bits per heavy atom. The standard InChI is InChI=1S/C16H34N2/c1-3-4-5-6-7-12-16(2,14-17)18-13-8-9-15-10-11-15/h15,18H,3-14,17H2,1-2H3. The van der Waals surface area contributed by atoms with E-state index < -0.39 is 0 Å². The summed E-state index contributed by atoms with van der Waals surface area (Å²) in [6, 6.07) is 0. The first-order chi connectivity index (χ1) is 8.70. The van der Waals surface area contributed by atoms with Crippen molar-refractivity contribution in [3.05, 3.63) is 0 Å². The fourth-order valence-electron chi connectivity index (χ4n) is 2.57. The van der Waals surface area contributed by atoms with Gasteiger partial charge in [0.1, 0.15) is 0 Å². The fraction of sp³-hybridized carbons (Fsp3) is 1.00. The summed E-state index contributed by atoms with van der Waals surface area (Å²) < 4.78 is 0. The van der Waals surface area contributed by atoms with E-state index in [0.29, 0.717) is 0 Å². The van der Waals surface area contributed by atoms with Gasteiger partial charge < -0.3 is 11.1 Å². The van der Waals surface area contributed by atoms with Gasteiger partial charge in [-0.05, 0) is 38.6 Å². The third kappa shape index (κ3) is 7.38. The Bertz CT molecular complexity index is 201. The van der Waals surface area contributed by atoms with Gasteiger partial charge in [0.2, 0.25) is 0 Å². The van der Waals surface area contributed by atoms with Crippen LogP contribution in [0.1, 0.15) is 78.1 Å². The van der Waals surface area contributed by atoms with Gasteiger partial charge in [-0.15, -0.1) is 0 Å². The van der Waals surface area contributed by atoms with E-state index in [1.54, 1.807) is 0 Å². The van der Waals surface area contributed by atoms with Crippen LogP contribution in [0.25, 0.3) is 0 Å². The maximum absolute atomic E-state index is 5.94. The Morgan fingerprint density at radius 2 is 1.83 bits per heavy atom. The quantitative estimate of drug-likeness (QED) is 0.519. The smallest absolute Gasteiger partial charge is 0.0275 e. The van der Waals surface area contributed by atoms with Crippen LogP contribution in [0, 0.1) is 5.92 Å². The molecule has 0 heterocycles. The van der Waals surface area contributed by atoms with E-state index >= 15 is 0 Å². The van der Waals surface area contributed by atoms with Crippen molar-refractivity contribution in [1.29, 1.82) is 0 Å². The van der Waals surface area contributed by atoms with Crippen LogP contribution in [0.4, 0.5) is 0 Å². The number of unbranched alkanes of at least 4 members (excludes halogenated alkanes) is 4. The van der Waals surface area contributed by atoms with E-state index in [4.69, 9.17) is 5.73 Å². The van der Waals surface area contributed by atoms with Gasteiger partial charge in [-0.2, -0.15) is 0 Å². The number of hydrogen-bond acceptors (Lipinski definition) is 2. The lowest BCUT2D eigenvalue weighted by atomic mass is 9.93. The largest absolute Gasteiger partial charge is 0.329 e. The van der Waals surface area contributed by atoms with Crippen LogP contribution in [0.15, 0.2) is 0 Å². The average molecular weight is 254 g/mol. The second-order valence-electron chi connectivity index (χ2n) is 6.44. The molecule has 108 valence electrons. The highest BCUT2D eigenvalue weighted by Gasteiger charge is 2.23. The molecular weight excluding hydrogens is 220 g/mol. The molecule has 1 atom stereocenters. The molecule has 0 amide bonds. The summed E-state index contributed by atoms with van der Waals surface area (Å²) in [6.07, 6.45) is 13.7. The molecule has 2 nitrogen and oxygen atoms in total. The molecule has 1 unspecified atom stereocenters. The molecule has 0 radical (unpaired) electrons. The molecule has 18 heavy (non-hydrogen) atoms. The molecule has 1 aliphatic carbocycles. The highest BCUT2D eigenvalue weighted by molar-refractivity contribution is 4.84. The van der Waals surface area contributed by atoms with E-state index in [1.165, 1.54) is 64.2 Å². The van der Waals surface area contributed by atoms with Crippen LogP contribution >= 0.6 is 0 Å². The van der Waals surface area contributed by atoms with E-state index in [2.05, 4.69) is 19.2 Å². The molecule has 0 bridgehead atoms. The van der Waals surface area contributed by atoms with Crippen molar-refractivity contribution in [2.45, 2.75) is 83.6 Å². The molecule has 1 saturated carbocycles. The minimum absolute atomic E-state index is 0.176. The van der Waals surface area contributed by atoms with Crippen molar-refractivity contribution in [2.24, 2.45) is 11.7 Å². The fourth-order valence-corrected chi connectivity index (χ4v) is 2.57. The molecule has 0 aromatic rings. The molecule has 1 rings (SSSR count). The van der Waals surface area contributed by atoms with E-state index in [9.17, 15) is 0 Å². The summed E-state index contributed by atoms with van der Waals surface area (Å²) >= 11 is 0. The van der Waals surface area contributed by atoms with Gasteiger partial charge in [0.25, 0.3) is 0 Å². The zero-order chi connectivity index (χ0) is 13.3. The van der Waals surface area contributed by atoms with Gasteiger partial charge >= 0.3 is 0 Å². The number of hydrogen-bond donors (Lipinski definition) is 2. The minimum Gasteiger partial charge on any atom is -0.329 e. The Balaban J connectivity index is 2.02. The summed E-state index contributed by atoms with van der Waals surface area (Å²) in [4.78, 5) is 0. The SMILES string of the molecule is CCCCCCCC(C)(CN)NCCCC1CC1. The lowest BCUT2D eigenvalue weighted by Crippen LogP contribution is -2.48. The third-order valence-corrected chi connectivity index (χ3v) is 4.32. The molecule has 2 heteroatoms. The van der Waals surface area contributed by atoms with Crippen LogP contribution in [0.5, 0.6) is 0 Å². The maximum atomic E-state index is 5.94. The van der Waals surface area contributed by atoms with Gasteiger partial charge in [0.05, 0.1) is 0 Å². The minimum atomic E-state index is 0.176. The van der Waals surface area contributed by atoms with Crippen LogP contribution in [-0.4, -0.2) is 18.6 Å².